The molecule has 1 saturated carbocycles. The zero-order valence-electron chi connectivity index (χ0n) is 11.5. The van der Waals surface area contributed by atoms with Crippen LogP contribution in [0.2, 0.25) is 0 Å². The fourth-order valence-corrected chi connectivity index (χ4v) is 2.74. The number of nitrogens with zero attached hydrogens (tertiary/aromatic N) is 1. The van der Waals surface area contributed by atoms with Crippen molar-refractivity contribution in [3.05, 3.63) is 24.3 Å². The Morgan fingerprint density at radius 2 is 1.83 bits per heavy atom. The highest BCUT2D eigenvalue weighted by molar-refractivity contribution is 5.55. The van der Waals surface area contributed by atoms with E-state index in [0.717, 1.165) is 25.9 Å². The van der Waals surface area contributed by atoms with Crippen LogP contribution >= 0.6 is 0 Å². The molecule has 18 heavy (non-hydrogen) atoms. The van der Waals surface area contributed by atoms with Crippen molar-refractivity contribution in [2.75, 3.05) is 23.3 Å². The summed E-state index contributed by atoms with van der Waals surface area (Å²) in [6.45, 7) is 6.49. The van der Waals surface area contributed by atoms with Crippen LogP contribution in [0.15, 0.2) is 24.3 Å². The van der Waals surface area contributed by atoms with Crippen molar-refractivity contribution in [2.45, 2.75) is 45.2 Å². The van der Waals surface area contributed by atoms with Gasteiger partial charge in [0.05, 0.1) is 0 Å². The third-order valence-corrected chi connectivity index (χ3v) is 3.84. The first-order chi connectivity index (χ1) is 8.72. The van der Waals surface area contributed by atoms with Gasteiger partial charge in [-0.15, -0.1) is 0 Å². The number of rotatable bonds is 5. The van der Waals surface area contributed by atoms with E-state index in [-0.39, 0.29) is 0 Å². The summed E-state index contributed by atoms with van der Waals surface area (Å²) in [5.74, 6) is 0. The van der Waals surface area contributed by atoms with Gasteiger partial charge in [0.15, 0.2) is 0 Å². The molecule has 2 rings (SSSR count). The molecule has 3 nitrogen and oxygen atoms in total. The van der Waals surface area contributed by atoms with Gasteiger partial charge in [0.25, 0.3) is 0 Å². The van der Waals surface area contributed by atoms with Gasteiger partial charge in [0.2, 0.25) is 0 Å². The molecule has 0 aromatic heterocycles. The van der Waals surface area contributed by atoms with E-state index in [9.17, 15) is 0 Å². The van der Waals surface area contributed by atoms with Crippen molar-refractivity contribution in [1.82, 2.24) is 0 Å². The second kappa shape index (κ2) is 6.10. The van der Waals surface area contributed by atoms with Gasteiger partial charge in [-0.3, -0.25) is 0 Å². The summed E-state index contributed by atoms with van der Waals surface area (Å²) < 4.78 is 0. The van der Waals surface area contributed by atoms with Gasteiger partial charge < -0.3 is 16.0 Å². The van der Waals surface area contributed by atoms with Crippen LogP contribution in [0, 0.1) is 0 Å². The molecule has 100 valence electrons. The Bertz CT molecular complexity index is 357. The maximum atomic E-state index is 5.93. The summed E-state index contributed by atoms with van der Waals surface area (Å²) in [5, 5.41) is 3.57. The van der Waals surface area contributed by atoms with Crippen LogP contribution in [0.25, 0.3) is 0 Å². The highest BCUT2D eigenvalue weighted by Crippen LogP contribution is 2.23. The Hall–Kier alpha value is -1.22. The summed E-state index contributed by atoms with van der Waals surface area (Å²) in [7, 11) is 0. The van der Waals surface area contributed by atoms with E-state index in [0.29, 0.717) is 12.1 Å². The van der Waals surface area contributed by atoms with Crippen LogP contribution in [0.5, 0.6) is 0 Å². The highest BCUT2D eigenvalue weighted by atomic mass is 15.1. The van der Waals surface area contributed by atoms with Crippen molar-refractivity contribution in [3.8, 4) is 0 Å². The topological polar surface area (TPSA) is 41.3 Å². The van der Waals surface area contributed by atoms with Gasteiger partial charge in [-0.25, -0.2) is 0 Å². The highest BCUT2D eigenvalue weighted by Gasteiger charge is 2.21. The Morgan fingerprint density at radius 1 is 1.17 bits per heavy atom. The molecular weight excluding hydrogens is 222 g/mol. The molecule has 1 aromatic rings. The van der Waals surface area contributed by atoms with Crippen LogP contribution in [0.3, 0.4) is 0 Å². The minimum atomic E-state index is 0.387. The third kappa shape index (κ3) is 3.16. The molecule has 3 heteroatoms. The van der Waals surface area contributed by atoms with Crippen molar-refractivity contribution >= 4 is 11.4 Å². The lowest BCUT2D eigenvalue weighted by molar-refractivity contribution is 0.688. The molecule has 1 aliphatic carbocycles. The van der Waals surface area contributed by atoms with E-state index in [1.807, 2.05) is 0 Å². The number of benzene rings is 1. The predicted molar refractivity (Wildman–Crippen MR) is 79.2 cm³/mol. The smallest absolute Gasteiger partial charge is 0.0367 e. The second-order valence-corrected chi connectivity index (χ2v) is 5.13. The summed E-state index contributed by atoms with van der Waals surface area (Å²) >= 11 is 0. The molecular formula is C15H25N3. The average Bonchev–Trinajstić information content (AvgIpc) is 2.78. The van der Waals surface area contributed by atoms with E-state index in [4.69, 9.17) is 5.73 Å². The Labute approximate surface area is 110 Å². The van der Waals surface area contributed by atoms with Gasteiger partial charge in [-0.2, -0.15) is 0 Å². The molecule has 2 unspecified atom stereocenters. The molecule has 0 bridgehead atoms. The fraction of sp³-hybridized carbons (Fsp3) is 0.600. The van der Waals surface area contributed by atoms with Crippen molar-refractivity contribution < 1.29 is 0 Å². The molecule has 2 atom stereocenters. The number of hydrogen-bond donors (Lipinski definition) is 2. The lowest BCUT2D eigenvalue weighted by Gasteiger charge is -2.21. The monoisotopic (exact) mass is 247 g/mol. The molecule has 0 aliphatic heterocycles. The molecule has 3 N–H and O–H groups in total. The maximum Gasteiger partial charge on any atom is 0.0367 e. The van der Waals surface area contributed by atoms with Crippen LogP contribution in [0.1, 0.15) is 33.1 Å². The summed E-state index contributed by atoms with van der Waals surface area (Å²) in [4.78, 5) is 2.36. The first-order valence-electron chi connectivity index (χ1n) is 7.10. The quantitative estimate of drug-likeness (QED) is 0.840. The van der Waals surface area contributed by atoms with Crippen molar-refractivity contribution in [1.29, 1.82) is 0 Å². The number of anilines is 2. The number of nitrogens with one attached hydrogen (secondary N) is 1. The number of hydrogen-bond acceptors (Lipinski definition) is 3. The minimum absolute atomic E-state index is 0.387. The van der Waals surface area contributed by atoms with E-state index >= 15 is 0 Å². The zero-order chi connectivity index (χ0) is 13.0. The van der Waals surface area contributed by atoms with Gasteiger partial charge in [-0.05, 0) is 57.4 Å². The summed E-state index contributed by atoms with van der Waals surface area (Å²) in [6.07, 6.45) is 3.44. The average molecular weight is 247 g/mol. The first kappa shape index (κ1) is 13.2. The van der Waals surface area contributed by atoms with E-state index in [1.54, 1.807) is 0 Å². The first-order valence-corrected chi connectivity index (χ1v) is 7.10. The summed E-state index contributed by atoms with van der Waals surface area (Å²) in [5.41, 5.74) is 8.44. The Kier molecular flexibility index (Phi) is 4.48. The standard InChI is InChI=1S/C15H25N3/c1-3-18(4-2)15-9-7-13(8-10-15)17-14-6-5-12(16)11-14/h7-10,12,14,17H,3-6,11,16H2,1-2H3. The lowest BCUT2D eigenvalue weighted by Crippen LogP contribution is -2.22. The maximum absolute atomic E-state index is 5.93. The fourth-order valence-electron chi connectivity index (χ4n) is 2.74. The molecule has 1 aromatic carbocycles. The predicted octanol–water partition coefficient (Wildman–Crippen LogP) is 2.82. The van der Waals surface area contributed by atoms with Gasteiger partial charge in [-0.1, -0.05) is 0 Å². The second-order valence-electron chi connectivity index (χ2n) is 5.13. The molecule has 1 fully saturated rings. The largest absolute Gasteiger partial charge is 0.382 e. The third-order valence-electron chi connectivity index (χ3n) is 3.84. The lowest BCUT2D eigenvalue weighted by atomic mass is 10.2. The van der Waals surface area contributed by atoms with Gasteiger partial charge >= 0.3 is 0 Å². The van der Waals surface area contributed by atoms with Crippen LogP contribution in [-0.2, 0) is 0 Å². The SMILES string of the molecule is CCN(CC)c1ccc(NC2CCC(N)C2)cc1. The van der Waals surface area contributed by atoms with Gasteiger partial charge in [0, 0.05) is 36.5 Å². The van der Waals surface area contributed by atoms with E-state index in [2.05, 4.69) is 48.3 Å². The molecule has 0 radical (unpaired) electrons. The normalized spacial score (nSPS) is 23.1. The summed E-state index contributed by atoms with van der Waals surface area (Å²) in [6, 6.07) is 9.69. The van der Waals surface area contributed by atoms with Crippen molar-refractivity contribution in [2.24, 2.45) is 5.73 Å². The van der Waals surface area contributed by atoms with E-state index in [1.165, 1.54) is 17.8 Å². The minimum Gasteiger partial charge on any atom is -0.382 e. The molecule has 0 spiro atoms. The zero-order valence-corrected chi connectivity index (χ0v) is 11.5. The number of nitrogens with two attached hydrogens (primary N) is 1. The van der Waals surface area contributed by atoms with Gasteiger partial charge in [0.1, 0.15) is 0 Å². The van der Waals surface area contributed by atoms with Crippen LogP contribution in [-0.4, -0.2) is 25.2 Å². The Balaban J connectivity index is 1.95. The molecule has 0 amide bonds. The molecule has 0 heterocycles. The molecule has 1 aliphatic rings. The van der Waals surface area contributed by atoms with Crippen molar-refractivity contribution in [3.63, 3.8) is 0 Å². The van der Waals surface area contributed by atoms with Crippen LogP contribution in [0.4, 0.5) is 11.4 Å². The van der Waals surface area contributed by atoms with Crippen LogP contribution < -0.4 is 16.0 Å². The Morgan fingerprint density at radius 3 is 2.33 bits per heavy atom. The van der Waals surface area contributed by atoms with E-state index < -0.39 is 0 Å². The molecule has 0 saturated heterocycles.